The molecule has 1 aromatic carbocycles. The van der Waals surface area contributed by atoms with Gasteiger partial charge in [0.05, 0.1) is 0 Å². The molecule has 0 spiro atoms. The Morgan fingerprint density at radius 1 is 1.21 bits per heavy atom. The van der Waals surface area contributed by atoms with Crippen LogP contribution in [0.4, 0.5) is 11.5 Å². The van der Waals surface area contributed by atoms with Crippen LogP contribution in [0, 0.1) is 6.92 Å². The van der Waals surface area contributed by atoms with E-state index in [1.807, 2.05) is 37.3 Å². The molecule has 0 aliphatic carbocycles. The third-order valence-electron chi connectivity index (χ3n) is 2.90. The highest BCUT2D eigenvalue weighted by Crippen LogP contribution is 2.17. The molecule has 19 heavy (non-hydrogen) atoms. The van der Waals surface area contributed by atoms with Gasteiger partial charge in [0.2, 0.25) is 0 Å². The van der Waals surface area contributed by atoms with E-state index in [-0.39, 0.29) is 5.91 Å². The quantitative estimate of drug-likeness (QED) is 0.917. The highest BCUT2D eigenvalue weighted by atomic mass is 16.2. The Bertz CT molecular complexity index is 581. The number of para-hydroxylation sites is 1. The number of nitrogens with zero attached hydrogens (tertiary/aromatic N) is 2. The van der Waals surface area contributed by atoms with Crippen LogP contribution in [0.5, 0.6) is 0 Å². The minimum atomic E-state index is -0.0480. The summed E-state index contributed by atoms with van der Waals surface area (Å²) in [5.74, 6) is 0.651. The monoisotopic (exact) mass is 255 g/mol. The van der Waals surface area contributed by atoms with Crippen LogP contribution in [-0.4, -0.2) is 25.0 Å². The van der Waals surface area contributed by atoms with Crippen LogP contribution in [0.25, 0.3) is 0 Å². The number of benzene rings is 1. The van der Waals surface area contributed by atoms with Crippen molar-refractivity contribution in [3.05, 3.63) is 53.7 Å². The molecule has 0 aliphatic heterocycles. The van der Waals surface area contributed by atoms with Gasteiger partial charge in [-0.25, -0.2) is 4.98 Å². The molecule has 0 bridgehead atoms. The molecule has 2 rings (SSSR count). The highest BCUT2D eigenvalue weighted by molar-refractivity contribution is 6.06. The van der Waals surface area contributed by atoms with Crippen LogP contribution < -0.4 is 10.2 Å². The van der Waals surface area contributed by atoms with Gasteiger partial charge in [-0.3, -0.25) is 4.79 Å². The Morgan fingerprint density at radius 3 is 2.53 bits per heavy atom. The van der Waals surface area contributed by atoms with E-state index in [0.29, 0.717) is 11.4 Å². The largest absolute Gasteiger partial charge is 0.373 e. The van der Waals surface area contributed by atoms with Crippen molar-refractivity contribution in [3.8, 4) is 0 Å². The Morgan fingerprint density at radius 2 is 1.89 bits per heavy atom. The van der Waals surface area contributed by atoms with Crippen LogP contribution in [0.2, 0.25) is 0 Å². The third-order valence-corrected chi connectivity index (χ3v) is 2.90. The summed E-state index contributed by atoms with van der Waals surface area (Å²) in [7, 11) is 3.56. The van der Waals surface area contributed by atoms with Crippen LogP contribution in [0.15, 0.2) is 42.5 Å². The predicted molar refractivity (Wildman–Crippen MR) is 77.7 cm³/mol. The van der Waals surface area contributed by atoms with E-state index in [1.165, 1.54) is 0 Å². The lowest BCUT2D eigenvalue weighted by Crippen LogP contribution is -2.26. The fourth-order valence-corrected chi connectivity index (χ4v) is 1.88. The minimum Gasteiger partial charge on any atom is -0.373 e. The Labute approximate surface area is 113 Å². The lowest BCUT2D eigenvalue weighted by molar-refractivity contribution is 0.0993. The van der Waals surface area contributed by atoms with E-state index in [9.17, 15) is 4.79 Å². The van der Waals surface area contributed by atoms with Gasteiger partial charge in [0.15, 0.2) is 0 Å². The number of carbonyl (C=O) groups excluding carboxylic acids is 1. The first-order chi connectivity index (χ1) is 9.11. The molecule has 0 saturated heterocycles. The molecule has 2 aromatic rings. The number of aryl methyl sites for hydroxylation is 1. The van der Waals surface area contributed by atoms with Gasteiger partial charge in [0.25, 0.3) is 5.91 Å². The molecule has 1 aromatic heterocycles. The van der Waals surface area contributed by atoms with Gasteiger partial charge in [-0.05, 0) is 31.2 Å². The second kappa shape index (κ2) is 5.52. The van der Waals surface area contributed by atoms with Crippen LogP contribution in [0.3, 0.4) is 0 Å². The van der Waals surface area contributed by atoms with Crippen molar-refractivity contribution in [3.63, 3.8) is 0 Å². The predicted octanol–water partition coefficient (Wildman–Crippen LogP) is 2.71. The third kappa shape index (κ3) is 2.91. The number of hydrogen-bond acceptors (Lipinski definition) is 3. The number of nitrogens with one attached hydrogen (secondary N) is 1. The molecular weight excluding hydrogens is 238 g/mol. The smallest absolute Gasteiger partial charge is 0.258 e. The van der Waals surface area contributed by atoms with Crippen molar-refractivity contribution in [2.75, 3.05) is 24.3 Å². The summed E-state index contributed by atoms with van der Waals surface area (Å²) in [4.78, 5) is 18.4. The Kier molecular flexibility index (Phi) is 3.80. The molecule has 1 N–H and O–H groups in total. The Balaban J connectivity index is 2.31. The average molecular weight is 255 g/mol. The minimum absolute atomic E-state index is 0.0480. The van der Waals surface area contributed by atoms with Gasteiger partial charge in [0, 0.05) is 31.0 Å². The first kappa shape index (κ1) is 13.1. The molecule has 0 atom stereocenters. The summed E-state index contributed by atoms with van der Waals surface area (Å²) in [5.41, 5.74) is 2.31. The first-order valence-corrected chi connectivity index (χ1v) is 6.11. The number of hydrogen-bond donors (Lipinski definition) is 1. The summed E-state index contributed by atoms with van der Waals surface area (Å²) in [6.45, 7) is 1.88. The average Bonchev–Trinajstić information content (AvgIpc) is 2.46. The normalized spacial score (nSPS) is 10.1. The van der Waals surface area contributed by atoms with Gasteiger partial charge in [0.1, 0.15) is 5.82 Å². The fraction of sp³-hybridized carbons (Fsp3) is 0.200. The number of amides is 1. The van der Waals surface area contributed by atoms with Gasteiger partial charge < -0.3 is 10.2 Å². The summed E-state index contributed by atoms with van der Waals surface area (Å²) in [6, 6.07) is 13.1. The van der Waals surface area contributed by atoms with E-state index in [4.69, 9.17) is 0 Å². The van der Waals surface area contributed by atoms with Gasteiger partial charge >= 0.3 is 0 Å². The van der Waals surface area contributed by atoms with E-state index in [0.717, 1.165) is 11.4 Å². The number of anilines is 2. The van der Waals surface area contributed by atoms with E-state index in [2.05, 4.69) is 10.3 Å². The van der Waals surface area contributed by atoms with Gasteiger partial charge in [-0.1, -0.05) is 18.2 Å². The maximum Gasteiger partial charge on any atom is 0.258 e. The van der Waals surface area contributed by atoms with Crippen molar-refractivity contribution in [2.45, 2.75) is 6.92 Å². The molecule has 0 saturated carbocycles. The van der Waals surface area contributed by atoms with Crippen molar-refractivity contribution in [1.82, 2.24) is 4.98 Å². The number of pyridine rings is 1. The van der Waals surface area contributed by atoms with E-state index >= 15 is 0 Å². The molecule has 0 radical (unpaired) electrons. The zero-order chi connectivity index (χ0) is 13.8. The molecule has 0 unspecified atom stereocenters. The summed E-state index contributed by atoms with van der Waals surface area (Å²) in [5, 5.41) is 2.96. The zero-order valence-electron chi connectivity index (χ0n) is 11.3. The zero-order valence-corrected chi connectivity index (χ0v) is 11.3. The molecule has 4 heteroatoms. The van der Waals surface area contributed by atoms with E-state index < -0.39 is 0 Å². The number of rotatable bonds is 3. The summed E-state index contributed by atoms with van der Waals surface area (Å²) < 4.78 is 0. The van der Waals surface area contributed by atoms with Crippen molar-refractivity contribution >= 4 is 17.4 Å². The SMILES string of the molecule is CNc1cc(C(=O)N(C)c2ccccc2)cc(C)n1. The standard InChI is InChI=1S/C15H17N3O/c1-11-9-12(10-14(16-2)17-11)15(19)18(3)13-7-5-4-6-8-13/h4-10H,1-3H3,(H,16,17). The molecule has 98 valence electrons. The number of carbonyl (C=O) groups is 1. The lowest BCUT2D eigenvalue weighted by atomic mass is 10.2. The number of aromatic nitrogens is 1. The maximum atomic E-state index is 12.4. The lowest BCUT2D eigenvalue weighted by Gasteiger charge is -2.17. The molecule has 0 fully saturated rings. The fourth-order valence-electron chi connectivity index (χ4n) is 1.88. The van der Waals surface area contributed by atoms with Crippen molar-refractivity contribution in [1.29, 1.82) is 0 Å². The van der Waals surface area contributed by atoms with Crippen LogP contribution >= 0.6 is 0 Å². The molecule has 1 heterocycles. The second-order valence-corrected chi connectivity index (χ2v) is 4.33. The summed E-state index contributed by atoms with van der Waals surface area (Å²) in [6.07, 6.45) is 0. The summed E-state index contributed by atoms with van der Waals surface area (Å²) >= 11 is 0. The highest BCUT2D eigenvalue weighted by Gasteiger charge is 2.14. The molecular formula is C15H17N3O. The second-order valence-electron chi connectivity index (χ2n) is 4.33. The van der Waals surface area contributed by atoms with Crippen molar-refractivity contribution < 1.29 is 4.79 Å². The molecule has 0 aliphatic rings. The van der Waals surface area contributed by atoms with Gasteiger partial charge in [-0.15, -0.1) is 0 Å². The first-order valence-electron chi connectivity index (χ1n) is 6.11. The molecule has 4 nitrogen and oxygen atoms in total. The van der Waals surface area contributed by atoms with Crippen LogP contribution in [-0.2, 0) is 0 Å². The topological polar surface area (TPSA) is 45.2 Å². The van der Waals surface area contributed by atoms with E-state index in [1.54, 1.807) is 31.1 Å². The van der Waals surface area contributed by atoms with Crippen molar-refractivity contribution in [2.24, 2.45) is 0 Å². The Hall–Kier alpha value is -2.36. The maximum absolute atomic E-state index is 12.4. The molecule has 1 amide bonds. The van der Waals surface area contributed by atoms with Crippen LogP contribution in [0.1, 0.15) is 16.1 Å². The van der Waals surface area contributed by atoms with Gasteiger partial charge in [-0.2, -0.15) is 0 Å².